The highest BCUT2D eigenvalue weighted by atomic mass is 19.4. The zero-order valence-electron chi connectivity index (χ0n) is 9.14. The normalized spacial score (nSPS) is 25.5. The molecule has 1 rings (SSSR count). The summed E-state index contributed by atoms with van der Waals surface area (Å²) in [4.78, 5) is 22.8. The van der Waals surface area contributed by atoms with E-state index < -0.39 is 29.5 Å². The Kier molecular flexibility index (Phi) is 3.91. The Morgan fingerprint density at radius 3 is 2.29 bits per heavy atom. The molecule has 7 heteroatoms. The van der Waals surface area contributed by atoms with Gasteiger partial charge in [-0.1, -0.05) is 6.42 Å². The van der Waals surface area contributed by atoms with Crippen LogP contribution in [0, 0.1) is 5.92 Å². The second kappa shape index (κ2) is 4.72. The summed E-state index contributed by atoms with van der Waals surface area (Å²) in [6.07, 6.45) is -4.58. The van der Waals surface area contributed by atoms with Crippen LogP contribution in [0.1, 0.15) is 25.7 Å². The van der Waals surface area contributed by atoms with Gasteiger partial charge in [-0.05, 0) is 12.8 Å². The Hall–Kier alpha value is -0.980. The van der Waals surface area contributed by atoms with Gasteiger partial charge in [0.25, 0.3) is 0 Å². The van der Waals surface area contributed by atoms with E-state index in [1.165, 1.54) is 0 Å². The van der Waals surface area contributed by atoms with Crippen molar-refractivity contribution in [3.63, 3.8) is 0 Å². The maximum atomic E-state index is 13.5. The summed E-state index contributed by atoms with van der Waals surface area (Å²) in [5.74, 6) is -8.41. The monoisotopic (exact) mass is 256 g/mol. The largest absolute Gasteiger partial charge is 0.456 e. The number of Topliss-reactive ketones (excluding diaryl/α,β-unsaturated/α-hetero) is 2. The van der Waals surface area contributed by atoms with Crippen molar-refractivity contribution < 1.29 is 31.9 Å². The van der Waals surface area contributed by atoms with Gasteiger partial charge in [-0.2, -0.15) is 17.6 Å². The molecule has 2 atom stereocenters. The Morgan fingerprint density at radius 1 is 1.29 bits per heavy atom. The molecule has 0 N–H and O–H groups in total. The lowest BCUT2D eigenvalue weighted by molar-refractivity contribution is -0.307. The Labute approximate surface area is 95.1 Å². The van der Waals surface area contributed by atoms with Crippen molar-refractivity contribution in [2.24, 2.45) is 5.92 Å². The van der Waals surface area contributed by atoms with E-state index in [4.69, 9.17) is 0 Å². The molecule has 1 aliphatic carbocycles. The first kappa shape index (κ1) is 14.1. The minimum atomic E-state index is -5.48. The molecule has 0 radical (unpaired) electrons. The first-order chi connectivity index (χ1) is 7.74. The molecule has 0 amide bonds. The average molecular weight is 256 g/mol. The van der Waals surface area contributed by atoms with Gasteiger partial charge in [0.2, 0.25) is 5.78 Å². The van der Waals surface area contributed by atoms with E-state index in [0.717, 1.165) is 0 Å². The number of ketones is 2. The Morgan fingerprint density at radius 2 is 1.88 bits per heavy atom. The fourth-order valence-electron chi connectivity index (χ4n) is 1.84. The van der Waals surface area contributed by atoms with Gasteiger partial charge in [0.05, 0.1) is 5.92 Å². The van der Waals surface area contributed by atoms with E-state index >= 15 is 0 Å². The van der Waals surface area contributed by atoms with Crippen LogP contribution in [0.5, 0.6) is 0 Å². The summed E-state index contributed by atoms with van der Waals surface area (Å²) in [7, 11) is 0.457. The number of rotatable bonds is 3. The van der Waals surface area contributed by atoms with E-state index in [2.05, 4.69) is 4.74 Å². The minimum absolute atomic E-state index is 0.00799. The Bertz CT molecular complexity index is 326. The van der Waals surface area contributed by atoms with Crippen molar-refractivity contribution >= 4 is 11.6 Å². The molecule has 17 heavy (non-hydrogen) atoms. The number of carbonyl (C=O) groups excluding carboxylic acids is 2. The predicted octanol–water partition coefficient (Wildman–Crippen LogP) is 2.19. The van der Waals surface area contributed by atoms with E-state index in [9.17, 15) is 27.2 Å². The van der Waals surface area contributed by atoms with Gasteiger partial charge in [-0.15, -0.1) is 0 Å². The maximum Gasteiger partial charge on any atom is 0.456 e. The van der Waals surface area contributed by atoms with Crippen LogP contribution in [-0.2, 0) is 14.3 Å². The molecule has 1 saturated carbocycles. The van der Waals surface area contributed by atoms with Crippen LogP contribution < -0.4 is 0 Å². The van der Waals surface area contributed by atoms with Crippen LogP contribution in [0.2, 0.25) is 0 Å². The molecule has 98 valence electrons. The molecule has 3 nitrogen and oxygen atoms in total. The second-order valence-electron chi connectivity index (χ2n) is 3.93. The van der Waals surface area contributed by atoms with Crippen LogP contribution in [0.25, 0.3) is 0 Å². The van der Waals surface area contributed by atoms with Gasteiger partial charge >= 0.3 is 12.0 Å². The zero-order chi connectivity index (χ0) is 13.3. The molecule has 0 aromatic rings. The fourth-order valence-corrected chi connectivity index (χ4v) is 1.84. The van der Waals surface area contributed by atoms with Gasteiger partial charge in [-0.25, -0.2) is 0 Å². The first-order valence-electron chi connectivity index (χ1n) is 5.12. The van der Waals surface area contributed by atoms with E-state index in [1.54, 1.807) is 0 Å². The highest BCUT2D eigenvalue weighted by molar-refractivity contribution is 6.06. The van der Waals surface area contributed by atoms with Crippen LogP contribution in [-0.4, -0.2) is 30.7 Å². The molecule has 2 unspecified atom stereocenters. The quantitative estimate of drug-likeness (QED) is 0.574. The standard InChI is InChI=1S/C10H12F4O3/c1-17-9(11,10(12,13)14)8(16)6-4-2-3-5-7(6)15/h6H,2-5H2,1H3. The summed E-state index contributed by atoms with van der Waals surface area (Å²) in [6.45, 7) is 0. The lowest BCUT2D eigenvalue weighted by Crippen LogP contribution is -2.53. The van der Waals surface area contributed by atoms with Crippen molar-refractivity contribution in [1.29, 1.82) is 0 Å². The lowest BCUT2D eigenvalue weighted by atomic mass is 9.82. The van der Waals surface area contributed by atoms with Gasteiger partial charge in [0.15, 0.2) is 0 Å². The summed E-state index contributed by atoms with van der Waals surface area (Å²) in [6, 6.07) is 0. The summed E-state index contributed by atoms with van der Waals surface area (Å²) in [5.41, 5.74) is 0. The molecule has 1 aliphatic rings. The van der Waals surface area contributed by atoms with Crippen LogP contribution in [0.4, 0.5) is 17.6 Å². The molecule has 0 aromatic heterocycles. The van der Waals surface area contributed by atoms with Crippen molar-refractivity contribution in [1.82, 2.24) is 0 Å². The summed E-state index contributed by atoms with van der Waals surface area (Å²) < 4.78 is 54.4. The summed E-state index contributed by atoms with van der Waals surface area (Å²) >= 11 is 0. The third kappa shape index (κ3) is 2.48. The molecule has 0 saturated heterocycles. The van der Waals surface area contributed by atoms with E-state index in [-0.39, 0.29) is 12.8 Å². The number of methoxy groups -OCH3 is 1. The van der Waals surface area contributed by atoms with Crippen LogP contribution in [0.3, 0.4) is 0 Å². The average Bonchev–Trinajstić information content (AvgIpc) is 2.26. The topological polar surface area (TPSA) is 43.4 Å². The minimum Gasteiger partial charge on any atom is -0.336 e. The number of hydrogen-bond acceptors (Lipinski definition) is 3. The highest BCUT2D eigenvalue weighted by Gasteiger charge is 2.64. The first-order valence-corrected chi connectivity index (χ1v) is 5.12. The van der Waals surface area contributed by atoms with E-state index in [0.29, 0.717) is 20.0 Å². The SMILES string of the molecule is COC(F)(C(=O)C1CCCCC1=O)C(F)(F)F. The number of carbonyl (C=O) groups is 2. The molecule has 0 aromatic carbocycles. The third-order valence-electron chi connectivity index (χ3n) is 2.83. The molecular formula is C10H12F4O3. The Balaban J connectivity index is 2.97. The van der Waals surface area contributed by atoms with Crippen LogP contribution in [0.15, 0.2) is 0 Å². The van der Waals surface area contributed by atoms with Gasteiger partial charge in [-0.3, -0.25) is 9.59 Å². The number of ether oxygens (including phenoxy) is 1. The maximum absolute atomic E-state index is 13.5. The van der Waals surface area contributed by atoms with Crippen molar-refractivity contribution in [3.05, 3.63) is 0 Å². The zero-order valence-corrected chi connectivity index (χ0v) is 9.14. The molecular weight excluding hydrogens is 244 g/mol. The smallest absolute Gasteiger partial charge is 0.336 e. The van der Waals surface area contributed by atoms with Gasteiger partial charge < -0.3 is 4.74 Å². The second-order valence-corrected chi connectivity index (χ2v) is 3.93. The number of alkyl halides is 4. The van der Waals surface area contributed by atoms with Crippen molar-refractivity contribution in [2.45, 2.75) is 37.7 Å². The number of hydrogen-bond donors (Lipinski definition) is 0. The molecule has 0 spiro atoms. The number of halogens is 4. The highest BCUT2D eigenvalue weighted by Crippen LogP contribution is 2.39. The molecule has 1 fully saturated rings. The third-order valence-corrected chi connectivity index (χ3v) is 2.83. The van der Waals surface area contributed by atoms with Crippen molar-refractivity contribution in [3.8, 4) is 0 Å². The summed E-state index contributed by atoms with van der Waals surface area (Å²) in [5, 5.41) is 0. The van der Waals surface area contributed by atoms with Gasteiger partial charge in [0.1, 0.15) is 5.78 Å². The van der Waals surface area contributed by atoms with Crippen molar-refractivity contribution in [2.75, 3.05) is 7.11 Å². The van der Waals surface area contributed by atoms with Gasteiger partial charge in [0, 0.05) is 13.5 Å². The van der Waals surface area contributed by atoms with E-state index in [1.807, 2.05) is 0 Å². The molecule has 0 aliphatic heterocycles. The predicted molar refractivity (Wildman–Crippen MR) is 48.9 cm³/mol. The van der Waals surface area contributed by atoms with Crippen LogP contribution >= 0.6 is 0 Å². The molecule has 0 heterocycles. The molecule has 0 bridgehead atoms. The lowest BCUT2D eigenvalue weighted by Gasteiger charge is -2.29. The fraction of sp³-hybridized carbons (Fsp3) is 0.800.